The van der Waals surface area contributed by atoms with E-state index >= 15 is 0 Å². The Kier molecular flexibility index (Phi) is 2.98. The van der Waals surface area contributed by atoms with Gasteiger partial charge in [0.05, 0.1) is 16.0 Å². The van der Waals surface area contributed by atoms with Crippen LogP contribution in [0.4, 0.5) is 13.2 Å². The Bertz CT molecular complexity index is 645. The summed E-state index contributed by atoms with van der Waals surface area (Å²) in [6, 6.07) is 3.27. The van der Waals surface area contributed by atoms with Crippen LogP contribution in [0.5, 0.6) is 0 Å². The first kappa shape index (κ1) is 13.1. The second-order valence-electron chi connectivity index (χ2n) is 4.79. The molecule has 1 N–H and O–H groups in total. The molecule has 0 radical (unpaired) electrons. The Labute approximate surface area is 117 Å². The highest BCUT2D eigenvalue weighted by molar-refractivity contribution is 6.45. The summed E-state index contributed by atoms with van der Waals surface area (Å²) in [5, 5.41) is 1.34. The zero-order valence-corrected chi connectivity index (χ0v) is 11.3. The Morgan fingerprint density at radius 2 is 1.95 bits per heavy atom. The smallest absolute Gasteiger partial charge is 0.358 e. The summed E-state index contributed by atoms with van der Waals surface area (Å²) in [4.78, 5) is 2.88. The molecular formula is C13H10Cl2F3N. The van der Waals surface area contributed by atoms with Crippen LogP contribution in [0.3, 0.4) is 0 Å². The molecule has 0 saturated carbocycles. The monoisotopic (exact) mass is 307 g/mol. The molecule has 2 aromatic rings. The number of hydrogen-bond donors (Lipinski definition) is 1. The van der Waals surface area contributed by atoms with Crippen molar-refractivity contribution in [1.82, 2.24) is 4.98 Å². The summed E-state index contributed by atoms with van der Waals surface area (Å²) < 4.78 is 39.1. The molecule has 0 aliphatic heterocycles. The lowest BCUT2D eigenvalue weighted by Gasteiger charge is -2.24. The molecule has 19 heavy (non-hydrogen) atoms. The van der Waals surface area contributed by atoms with Crippen molar-refractivity contribution in [3.63, 3.8) is 0 Å². The second-order valence-corrected chi connectivity index (χ2v) is 5.57. The van der Waals surface area contributed by atoms with Crippen molar-refractivity contribution in [2.75, 3.05) is 0 Å². The molecule has 0 bridgehead atoms. The maximum absolute atomic E-state index is 13.0. The predicted molar refractivity (Wildman–Crippen MR) is 70.1 cm³/mol. The van der Waals surface area contributed by atoms with E-state index < -0.39 is 12.1 Å². The van der Waals surface area contributed by atoms with Gasteiger partial charge in [-0.05, 0) is 37.0 Å². The minimum absolute atomic E-state index is 0.120. The zero-order chi connectivity index (χ0) is 13.8. The van der Waals surface area contributed by atoms with E-state index in [1.807, 2.05) is 0 Å². The molecule has 0 saturated heterocycles. The van der Waals surface area contributed by atoms with Crippen LogP contribution in [-0.4, -0.2) is 11.2 Å². The average Bonchev–Trinajstić information content (AvgIpc) is 2.71. The summed E-state index contributed by atoms with van der Waals surface area (Å²) in [6.07, 6.45) is -3.00. The van der Waals surface area contributed by atoms with E-state index in [1.165, 1.54) is 0 Å². The highest BCUT2D eigenvalue weighted by Gasteiger charge is 2.44. The number of halogens is 5. The molecule has 1 aliphatic carbocycles. The molecule has 102 valence electrons. The Balaban J connectivity index is 2.28. The fourth-order valence-corrected chi connectivity index (χ4v) is 3.25. The van der Waals surface area contributed by atoms with E-state index in [4.69, 9.17) is 23.2 Å². The van der Waals surface area contributed by atoms with Crippen molar-refractivity contribution in [2.24, 2.45) is 0 Å². The molecule has 3 rings (SSSR count). The van der Waals surface area contributed by atoms with Crippen molar-refractivity contribution in [3.05, 3.63) is 33.4 Å². The summed E-state index contributed by atoms with van der Waals surface area (Å²) in [5.41, 5.74) is 1.53. The SMILES string of the molecule is FC(F)(F)C1CCCc2c1[nH]c1ccc(Cl)c(Cl)c21. The number of aryl methyl sites for hydroxylation is 1. The molecule has 1 aromatic carbocycles. The van der Waals surface area contributed by atoms with Crippen molar-refractivity contribution in [1.29, 1.82) is 0 Å². The summed E-state index contributed by atoms with van der Waals surface area (Å²) in [7, 11) is 0. The van der Waals surface area contributed by atoms with Gasteiger partial charge in [-0.3, -0.25) is 0 Å². The van der Waals surface area contributed by atoms with Crippen LogP contribution in [-0.2, 0) is 6.42 Å². The lowest BCUT2D eigenvalue weighted by molar-refractivity contribution is -0.154. The minimum Gasteiger partial charge on any atom is -0.358 e. The largest absolute Gasteiger partial charge is 0.397 e. The third kappa shape index (κ3) is 2.01. The van der Waals surface area contributed by atoms with E-state index in [1.54, 1.807) is 12.1 Å². The third-order valence-electron chi connectivity index (χ3n) is 3.65. The fourth-order valence-electron chi connectivity index (χ4n) is 2.82. The van der Waals surface area contributed by atoms with Crippen LogP contribution >= 0.6 is 23.2 Å². The standard InChI is InChI=1S/C13H10Cl2F3N/c14-8-4-5-9-10(11(8)15)6-2-1-3-7(12(6)19-9)13(16,17)18/h4-5,7,19H,1-3H2. The Morgan fingerprint density at radius 3 is 2.63 bits per heavy atom. The van der Waals surface area contributed by atoms with Crippen LogP contribution in [0.1, 0.15) is 30.0 Å². The number of aromatic amines is 1. The van der Waals surface area contributed by atoms with Gasteiger partial charge in [-0.25, -0.2) is 0 Å². The van der Waals surface area contributed by atoms with Gasteiger partial charge in [0.1, 0.15) is 0 Å². The first-order valence-electron chi connectivity index (χ1n) is 5.94. The number of H-pyrrole nitrogens is 1. The first-order chi connectivity index (χ1) is 8.89. The van der Waals surface area contributed by atoms with E-state index in [2.05, 4.69) is 4.98 Å². The van der Waals surface area contributed by atoms with Crippen LogP contribution in [0.15, 0.2) is 12.1 Å². The molecule has 1 nitrogen and oxygen atoms in total. The number of rotatable bonds is 0. The maximum atomic E-state index is 13.0. The Morgan fingerprint density at radius 1 is 1.21 bits per heavy atom. The number of fused-ring (bicyclic) bond motifs is 3. The number of nitrogens with one attached hydrogen (secondary N) is 1. The van der Waals surface area contributed by atoms with E-state index in [9.17, 15) is 13.2 Å². The highest BCUT2D eigenvalue weighted by Crippen LogP contribution is 2.46. The minimum atomic E-state index is -4.23. The molecule has 1 aromatic heterocycles. The van der Waals surface area contributed by atoms with Crippen molar-refractivity contribution >= 4 is 34.1 Å². The van der Waals surface area contributed by atoms with Crippen molar-refractivity contribution in [3.8, 4) is 0 Å². The van der Waals surface area contributed by atoms with Crippen LogP contribution in [0, 0.1) is 0 Å². The summed E-state index contributed by atoms with van der Waals surface area (Å²) in [6.45, 7) is 0. The van der Waals surface area contributed by atoms with E-state index in [0.717, 1.165) is 0 Å². The maximum Gasteiger partial charge on any atom is 0.397 e. The lowest BCUT2D eigenvalue weighted by atomic mass is 9.86. The zero-order valence-electron chi connectivity index (χ0n) is 9.74. The van der Waals surface area contributed by atoms with Crippen LogP contribution < -0.4 is 0 Å². The van der Waals surface area contributed by atoms with Gasteiger partial charge in [0, 0.05) is 16.6 Å². The number of alkyl halides is 3. The predicted octanol–water partition coefficient (Wildman–Crippen LogP) is 5.46. The van der Waals surface area contributed by atoms with Gasteiger partial charge in [-0.1, -0.05) is 23.2 Å². The Hall–Kier alpha value is -0.870. The highest BCUT2D eigenvalue weighted by atomic mass is 35.5. The molecule has 1 aliphatic rings. The van der Waals surface area contributed by atoms with Crippen molar-refractivity contribution < 1.29 is 13.2 Å². The molecule has 0 spiro atoms. The topological polar surface area (TPSA) is 15.8 Å². The molecular weight excluding hydrogens is 298 g/mol. The van der Waals surface area contributed by atoms with Gasteiger partial charge in [-0.15, -0.1) is 0 Å². The fraction of sp³-hybridized carbons (Fsp3) is 0.385. The average molecular weight is 308 g/mol. The lowest BCUT2D eigenvalue weighted by Crippen LogP contribution is -2.24. The molecule has 6 heteroatoms. The van der Waals surface area contributed by atoms with E-state index in [0.29, 0.717) is 39.4 Å². The van der Waals surface area contributed by atoms with Gasteiger partial charge < -0.3 is 4.98 Å². The summed E-state index contributed by atoms with van der Waals surface area (Å²) >= 11 is 12.1. The number of benzene rings is 1. The first-order valence-corrected chi connectivity index (χ1v) is 6.70. The van der Waals surface area contributed by atoms with Gasteiger partial charge in [-0.2, -0.15) is 13.2 Å². The van der Waals surface area contributed by atoms with E-state index in [-0.39, 0.29) is 12.1 Å². The molecule has 0 amide bonds. The number of aromatic nitrogens is 1. The molecule has 0 fully saturated rings. The van der Waals surface area contributed by atoms with Gasteiger partial charge in [0.25, 0.3) is 0 Å². The normalized spacial score (nSPS) is 19.7. The molecule has 1 unspecified atom stereocenters. The number of hydrogen-bond acceptors (Lipinski definition) is 0. The van der Waals surface area contributed by atoms with Crippen LogP contribution in [0.2, 0.25) is 10.0 Å². The van der Waals surface area contributed by atoms with Gasteiger partial charge in [0.15, 0.2) is 0 Å². The molecule has 1 atom stereocenters. The van der Waals surface area contributed by atoms with Crippen molar-refractivity contribution in [2.45, 2.75) is 31.4 Å². The van der Waals surface area contributed by atoms with Gasteiger partial charge in [0.2, 0.25) is 0 Å². The van der Waals surface area contributed by atoms with Gasteiger partial charge >= 0.3 is 6.18 Å². The molecule has 1 heterocycles. The summed E-state index contributed by atoms with van der Waals surface area (Å²) in [5.74, 6) is -1.43. The quantitative estimate of drug-likeness (QED) is 0.665. The third-order valence-corrected chi connectivity index (χ3v) is 4.46. The van der Waals surface area contributed by atoms with Crippen LogP contribution in [0.25, 0.3) is 10.9 Å². The second kappa shape index (κ2) is 4.32.